The third-order valence-electron chi connectivity index (χ3n) is 3.51. The summed E-state index contributed by atoms with van der Waals surface area (Å²) in [6.45, 7) is 5.89. The lowest BCUT2D eigenvalue weighted by atomic mass is 9.96. The fourth-order valence-electron chi connectivity index (χ4n) is 2.31. The first-order valence-corrected chi connectivity index (χ1v) is 6.24. The Morgan fingerprint density at radius 1 is 1.35 bits per heavy atom. The maximum absolute atomic E-state index is 12.1. The highest BCUT2D eigenvalue weighted by Gasteiger charge is 2.30. The van der Waals surface area contributed by atoms with Crippen LogP contribution in [-0.4, -0.2) is 19.0 Å². The molecule has 0 aromatic heterocycles. The molecule has 17 heavy (non-hydrogen) atoms. The first-order valence-electron chi connectivity index (χ1n) is 6.24. The molecule has 0 bridgehead atoms. The van der Waals surface area contributed by atoms with E-state index in [4.69, 9.17) is 0 Å². The summed E-state index contributed by atoms with van der Waals surface area (Å²) in [6, 6.07) is 10.1. The summed E-state index contributed by atoms with van der Waals surface area (Å²) < 4.78 is 0. The zero-order valence-corrected chi connectivity index (χ0v) is 10.4. The van der Waals surface area contributed by atoms with E-state index in [-0.39, 0.29) is 17.9 Å². The Kier molecular flexibility index (Phi) is 3.79. The number of benzene rings is 1. The van der Waals surface area contributed by atoms with Crippen LogP contribution < -0.4 is 10.6 Å². The minimum absolute atomic E-state index is 0.0801. The molecule has 2 rings (SSSR count). The van der Waals surface area contributed by atoms with Crippen LogP contribution in [0.2, 0.25) is 0 Å². The molecule has 0 spiro atoms. The minimum Gasteiger partial charge on any atom is -0.349 e. The molecule has 0 aliphatic carbocycles. The summed E-state index contributed by atoms with van der Waals surface area (Å²) >= 11 is 0. The molecule has 1 aromatic rings. The van der Waals surface area contributed by atoms with Gasteiger partial charge in [0.25, 0.3) is 0 Å². The van der Waals surface area contributed by atoms with Gasteiger partial charge in [-0.1, -0.05) is 37.3 Å². The molecule has 1 aliphatic heterocycles. The molecule has 1 aliphatic rings. The van der Waals surface area contributed by atoms with Crippen LogP contribution in [-0.2, 0) is 4.79 Å². The Hall–Kier alpha value is -1.35. The zero-order chi connectivity index (χ0) is 12.3. The van der Waals surface area contributed by atoms with Crippen LogP contribution in [0.4, 0.5) is 0 Å². The van der Waals surface area contributed by atoms with Crippen LogP contribution in [0.25, 0.3) is 0 Å². The lowest BCUT2D eigenvalue weighted by molar-refractivity contribution is -0.126. The quantitative estimate of drug-likeness (QED) is 0.833. The summed E-state index contributed by atoms with van der Waals surface area (Å²) in [5.41, 5.74) is 1.15. The predicted molar refractivity (Wildman–Crippen MR) is 68.5 cm³/mol. The molecule has 1 unspecified atom stereocenters. The van der Waals surface area contributed by atoms with Crippen molar-refractivity contribution in [1.29, 1.82) is 0 Å². The van der Waals surface area contributed by atoms with Crippen molar-refractivity contribution < 1.29 is 4.79 Å². The van der Waals surface area contributed by atoms with Gasteiger partial charge in [0, 0.05) is 6.54 Å². The van der Waals surface area contributed by atoms with Gasteiger partial charge in [-0.15, -0.1) is 0 Å². The van der Waals surface area contributed by atoms with E-state index in [2.05, 4.69) is 17.6 Å². The molecule has 1 aromatic carbocycles. The van der Waals surface area contributed by atoms with Crippen LogP contribution in [0.5, 0.6) is 0 Å². The fourth-order valence-corrected chi connectivity index (χ4v) is 2.31. The van der Waals surface area contributed by atoms with E-state index < -0.39 is 0 Å². The van der Waals surface area contributed by atoms with Crippen molar-refractivity contribution in [1.82, 2.24) is 10.6 Å². The third kappa shape index (κ3) is 2.86. The molecule has 1 heterocycles. The largest absolute Gasteiger partial charge is 0.349 e. The van der Waals surface area contributed by atoms with Crippen molar-refractivity contribution in [2.75, 3.05) is 13.1 Å². The highest BCUT2D eigenvalue weighted by molar-refractivity contribution is 5.80. The maximum atomic E-state index is 12.1. The fraction of sp³-hybridized carbons (Fsp3) is 0.500. The van der Waals surface area contributed by atoms with E-state index in [1.165, 1.54) is 0 Å². The number of carbonyl (C=O) groups is 1. The standard InChI is InChI=1S/C14H20N2O/c1-10-8-15-9-13(10)14(17)16-11(2)12-6-4-3-5-7-12/h3-7,10-11,13,15H,8-9H2,1-2H3,(H,16,17)/t10-,11?,13-/m1/s1. The maximum Gasteiger partial charge on any atom is 0.225 e. The molecule has 1 fully saturated rings. The van der Waals surface area contributed by atoms with E-state index in [1.54, 1.807) is 0 Å². The van der Waals surface area contributed by atoms with E-state index in [0.717, 1.165) is 18.7 Å². The lowest BCUT2D eigenvalue weighted by Crippen LogP contribution is -2.35. The van der Waals surface area contributed by atoms with Crippen molar-refractivity contribution in [3.8, 4) is 0 Å². The number of rotatable bonds is 3. The SMILES string of the molecule is CC(NC(=O)[C@@H]1CNC[C@H]1C)c1ccccc1. The normalized spacial score (nSPS) is 25.5. The smallest absolute Gasteiger partial charge is 0.225 e. The van der Waals surface area contributed by atoms with E-state index >= 15 is 0 Å². The van der Waals surface area contributed by atoms with Crippen LogP contribution in [0.3, 0.4) is 0 Å². The highest BCUT2D eigenvalue weighted by atomic mass is 16.2. The second-order valence-corrected chi connectivity index (χ2v) is 4.88. The number of amides is 1. The molecule has 3 atom stereocenters. The minimum atomic E-state index is 0.0801. The molecule has 92 valence electrons. The van der Waals surface area contributed by atoms with E-state index in [0.29, 0.717) is 5.92 Å². The number of hydrogen-bond donors (Lipinski definition) is 2. The summed E-state index contributed by atoms with van der Waals surface area (Å²) in [5, 5.41) is 6.34. The number of nitrogens with one attached hydrogen (secondary N) is 2. The molecule has 3 heteroatoms. The van der Waals surface area contributed by atoms with Gasteiger partial charge in [-0.25, -0.2) is 0 Å². The number of carbonyl (C=O) groups excluding carboxylic acids is 1. The second kappa shape index (κ2) is 5.32. The third-order valence-corrected chi connectivity index (χ3v) is 3.51. The van der Waals surface area contributed by atoms with Crippen molar-refractivity contribution in [2.45, 2.75) is 19.9 Å². The van der Waals surface area contributed by atoms with Gasteiger partial charge in [-0.2, -0.15) is 0 Å². The molecule has 3 nitrogen and oxygen atoms in total. The Labute approximate surface area is 103 Å². The zero-order valence-electron chi connectivity index (χ0n) is 10.4. The van der Waals surface area contributed by atoms with Crippen LogP contribution in [0, 0.1) is 11.8 Å². The van der Waals surface area contributed by atoms with Gasteiger partial charge >= 0.3 is 0 Å². The summed E-state index contributed by atoms with van der Waals surface area (Å²) in [4.78, 5) is 12.1. The predicted octanol–water partition coefficient (Wildman–Crippen LogP) is 1.72. The Morgan fingerprint density at radius 3 is 2.65 bits per heavy atom. The van der Waals surface area contributed by atoms with E-state index in [1.807, 2.05) is 37.3 Å². The van der Waals surface area contributed by atoms with Gasteiger partial charge in [-0.05, 0) is 24.9 Å². The summed E-state index contributed by atoms with van der Waals surface area (Å²) in [7, 11) is 0. The van der Waals surface area contributed by atoms with Crippen molar-refractivity contribution in [3.63, 3.8) is 0 Å². The topological polar surface area (TPSA) is 41.1 Å². The molecular weight excluding hydrogens is 212 g/mol. The molecular formula is C14H20N2O. The Morgan fingerprint density at radius 2 is 2.06 bits per heavy atom. The van der Waals surface area contributed by atoms with Crippen molar-refractivity contribution in [2.24, 2.45) is 11.8 Å². The van der Waals surface area contributed by atoms with Gasteiger partial charge < -0.3 is 10.6 Å². The average Bonchev–Trinajstić information content (AvgIpc) is 2.76. The molecule has 0 radical (unpaired) electrons. The molecule has 0 saturated carbocycles. The molecule has 2 N–H and O–H groups in total. The van der Waals surface area contributed by atoms with Crippen molar-refractivity contribution >= 4 is 5.91 Å². The van der Waals surface area contributed by atoms with Crippen LogP contribution in [0.1, 0.15) is 25.5 Å². The monoisotopic (exact) mass is 232 g/mol. The first kappa shape index (κ1) is 12.1. The Balaban J connectivity index is 1.95. The van der Waals surface area contributed by atoms with Gasteiger partial charge in [0.1, 0.15) is 0 Å². The van der Waals surface area contributed by atoms with E-state index in [9.17, 15) is 4.79 Å². The van der Waals surface area contributed by atoms with Crippen LogP contribution in [0.15, 0.2) is 30.3 Å². The molecule has 1 saturated heterocycles. The second-order valence-electron chi connectivity index (χ2n) is 4.88. The van der Waals surface area contributed by atoms with Crippen LogP contribution >= 0.6 is 0 Å². The van der Waals surface area contributed by atoms with Gasteiger partial charge in [-0.3, -0.25) is 4.79 Å². The number of hydrogen-bond acceptors (Lipinski definition) is 2. The highest BCUT2D eigenvalue weighted by Crippen LogP contribution is 2.18. The van der Waals surface area contributed by atoms with Gasteiger partial charge in [0.2, 0.25) is 5.91 Å². The summed E-state index contributed by atoms with van der Waals surface area (Å²) in [5.74, 6) is 0.706. The Bertz CT molecular complexity index is 377. The van der Waals surface area contributed by atoms with Gasteiger partial charge in [0.15, 0.2) is 0 Å². The molecule has 1 amide bonds. The van der Waals surface area contributed by atoms with Gasteiger partial charge in [0.05, 0.1) is 12.0 Å². The lowest BCUT2D eigenvalue weighted by Gasteiger charge is -2.19. The summed E-state index contributed by atoms with van der Waals surface area (Å²) in [6.07, 6.45) is 0. The van der Waals surface area contributed by atoms with Crippen molar-refractivity contribution in [3.05, 3.63) is 35.9 Å². The average molecular weight is 232 g/mol. The first-order chi connectivity index (χ1) is 8.18.